The topological polar surface area (TPSA) is 141 Å². The molecule has 0 spiro atoms. The van der Waals surface area contributed by atoms with Gasteiger partial charge in [0.1, 0.15) is 0 Å². The Bertz CT molecular complexity index is 571. The Morgan fingerprint density at radius 3 is 2.18 bits per heavy atom. The molecule has 0 saturated heterocycles. The Hall–Kier alpha value is -2.84. The second-order valence-electron chi connectivity index (χ2n) is 2.68. The molecule has 3 amide bonds. The van der Waals surface area contributed by atoms with E-state index in [1.165, 1.54) is 12.3 Å². The summed E-state index contributed by atoms with van der Waals surface area (Å²) in [6.45, 7) is 0. The molecule has 0 aromatic carbocycles. The second-order valence-corrected chi connectivity index (χ2v) is 2.68. The van der Waals surface area contributed by atoms with Gasteiger partial charge in [0.25, 0.3) is 11.3 Å². The molecule has 3 N–H and O–H groups in total. The summed E-state index contributed by atoms with van der Waals surface area (Å²) in [7, 11) is 0. The predicted octanol–water partition coefficient (Wildman–Crippen LogP) is -2.06. The molecule has 0 radical (unpaired) electrons. The van der Waals surface area contributed by atoms with Crippen LogP contribution in [0.5, 0.6) is 0 Å². The van der Waals surface area contributed by atoms with Crippen LogP contribution in [0.3, 0.4) is 0 Å². The number of imide groups is 1. The van der Waals surface area contributed by atoms with E-state index in [2.05, 4.69) is 9.98 Å². The van der Waals surface area contributed by atoms with Crippen molar-refractivity contribution in [3.05, 3.63) is 33.1 Å². The van der Waals surface area contributed by atoms with E-state index in [4.69, 9.17) is 0 Å². The highest BCUT2D eigenvalue weighted by Gasteiger charge is 2.18. The van der Waals surface area contributed by atoms with Gasteiger partial charge in [0, 0.05) is 12.3 Å². The quantitative estimate of drug-likeness (QED) is 0.445. The van der Waals surface area contributed by atoms with Crippen molar-refractivity contribution in [2.75, 3.05) is 0 Å². The number of carbonyl (C=O) groups is 3. The summed E-state index contributed by atoms with van der Waals surface area (Å²) in [5.74, 6) is -1.72. The molecule has 9 nitrogen and oxygen atoms in total. The van der Waals surface area contributed by atoms with Crippen LogP contribution < -0.4 is 16.6 Å². The van der Waals surface area contributed by atoms with Crippen molar-refractivity contribution in [3.63, 3.8) is 0 Å². The van der Waals surface area contributed by atoms with Gasteiger partial charge < -0.3 is 4.98 Å². The van der Waals surface area contributed by atoms with Crippen molar-refractivity contribution in [1.82, 2.24) is 15.3 Å². The fourth-order valence-corrected chi connectivity index (χ4v) is 0.750. The first-order valence-electron chi connectivity index (χ1n) is 4.20. The predicted molar refractivity (Wildman–Crippen MR) is 54.7 cm³/mol. The van der Waals surface area contributed by atoms with Crippen LogP contribution in [-0.2, 0) is 9.59 Å². The minimum Gasteiger partial charge on any atom is -0.314 e. The van der Waals surface area contributed by atoms with Gasteiger partial charge in [0.2, 0.25) is 0 Å². The minimum absolute atomic E-state index is 0.381. The zero-order valence-electron chi connectivity index (χ0n) is 8.22. The highest BCUT2D eigenvalue weighted by molar-refractivity contribution is 6.61. The number of Topliss-reactive ketones (excluding diaryl/α,β-unsaturated/α-hetero) is 1. The normalized spacial score (nSPS) is 13.8. The molecular weight excluding hydrogens is 232 g/mol. The molecule has 0 aliphatic carbocycles. The third-order valence-electron chi connectivity index (χ3n) is 1.43. The van der Waals surface area contributed by atoms with E-state index < -0.39 is 23.4 Å². The van der Waals surface area contributed by atoms with Gasteiger partial charge in [0.15, 0.2) is 0 Å². The number of rotatable bonds is 0. The lowest BCUT2D eigenvalue weighted by Crippen LogP contribution is -2.38. The van der Waals surface area contributed by atoms with Crippen molar-refractivity contribution >= 4 is 23.9 Å². The van der Waals surface area contributed by atoms with Crippen molar-refractivity contribution in [1.29, 1.82) is 0 Å². The van der Waals surface area contributed by atoms with Crippen LogP contribution in [-0.4, -0.2) is 33.9 Å². The van der Waals surface area contributed by atoms with Crippen LogP contribution >= 0.6 is 0 Å². The lowest BCUT2D eigenvalue weighted by atomic mass is 10.4. The molecule has 1 aromatic rings. The van der Waals surface area contributed by atoms with E-state index in [0.717, 1.165) is 0 Å². The summed E-state index contributed by atoms with van der Waals surface area (Å²) in [6.07, 6.45) is 1.99. The number of hydrogen-bond acceptors (Lipinski definition) is 5. The molecular formula is C8H6N4O5. The number of nitrogens with zero attached hydrogens (tertiary/aromatic N) is 1. The van der Waals surface area contributed by atoms with Gasteiger partial charge in [-0.3, -0.25) is 24.7 Å². The molecule has 9 heteroatoms. The maximum Gasteiger partial charge on any atom is 0.348 e. The van der Waals surface area contributed by atoms with Gasteiger partial charge in [-0.15, -0.1) is 0 Å². The summed E-state index contributed by atoms with van der Waals surface area (Å²) >= 11 is 0. The van der Waals surface area contributed by atoms with E-state index in [-0.39, 0.29) is 5.56 Å². The molecule has 1 aliphatic heterocycles. The van der Waals surface area contributed by atoms with Crippen LogP contribution in [0, 0.1) is 0 Å². The van der Waals surface area contributed by atoms with Crippen LogP contribution in [0.2, 0.25) is 0 Å². The maximum absolute atomic E-state index is 10.2. The fraction of sp³-hybridized carbons (Fsp3) is 0. The molecule has 2 heterocycles. The standard InChI is InChI=1S/C4H2N2O3.C4H4N2O2/c7-2-1-5-4(9)6-3(2)8;7-3-1-2-5-4(8)6-3/h1H,(H,6,8,9);1-2H,(H2,5,6,7,8). The fourth-order valence-electron chi connectivity index (χ4n) is 0.750. The Morgan fingerprint density at radius 2 is 1.76 bits per heavy atom. The largest absolute Gasteiger partial charge is 0.348 e. The minimum atomic E-state index is -0.921. The van der Waals surface area contributed by atoms with E-state index in [9.17, 15) is 24.0 Å². The van der Waals surface area contributed by atoms with Gasteiger partial charge in [-0.2, -0.15) is 4.99 Å². The Balaban J connectivity index is 0.000000171. The van der Waals surface area contributed by atoms with Crippen LogP contribution in [0.4, 0.5) is 4.79 Å². The van der Waals surface area contributed by atoms with Crippen molar-refractivity contribution in [2.45, 2.75) is 0 Å². The SMILES string of the molecule is O=C1N=CC(=O)C(=O)N1.O=c1cc[nH]c(=O)[nH]1. The maximum atomic E-state index is 10.2. The molecule has 2 rings (SSSR count). The Labute approximate surface area is 92.6 Å². The second kappa shape index (κ2) is 5.30. The monoisotopic (exact) mass is 238 g/mol. The number of aliphatic imine (C=N–C) groups is 1. The van der Waals surface area contributed by atoms with Crippen LogP contribution in [0.15, 0.2) is 26.8 Å². The number of carbonyl (C=O) groups excluding carboxylic acids is 3. The molecule has 0 saturated carbocycles. The first-order chi connectivity index (χ1) is 7.99. The molecule has 1 aromatic heterocycles. The Morgan fingerprint density at radius 1 is 1.06 bits per heavy atom. The van der Waals surface area contributed by atoms with Crippen molar-refractivity contribution < 1.29 is 14.4 Å². The highest BCUT2D eigenvalue weighted by Crippen LogP contribution is 1.81. The van der Waals surface area contributed by atoms with Gasteiger partial charge in [-0.05, 0) is 0 Å². The van der Waals surface area contributed by atoms with Gasteiger partial charge in [-0.1, -0.05) is 0 Å². The van der Waals surface area contributed by atoms with E-state index in [0.29, 0.717) is 6.21 Å². The molecule has 1 aliphatic rings. The van der Waals surface area contributed by atoms with E-state index in [1.54, 1.807) is 5.32 Å². The zero-order valence-corrected chi connectivity index (χ0v) is 8.22. The first-order valence-corrected chi connectivity index (χ1v) is 4.20. The molecule has 17 heavy (non-hydrogen) atoms. The number of H-pyrrole nitrogens is 2. The Kier molecular flexibility index (Phi) is 3.81. The summed E-state index contributed by atoms with van der Waals surface area (Å²) in [5, 5.41) is 1.70. The summed E-state index contributed by atoms with van der Waals surface area (Å²) in [5.41, 5.74) is -0.855. The average molecular weight is 238 g/mol. The summed E-state index contributed by atoms with van der Waals surface area (Å²) < 4.78 is 0. The molecule has 0 fully saturated rings. The molecule has 0 atom stereocenters. The summed E-state index contributed by atoms with van der Waals surface area (Å²) in [6, 6.07) is 0.445. The highest BCUT2D eigenvalue weighted by atomic mass is 16.2. The average Bonchev–Trinajstić information content (AvgIpc) is 2.24. The number of urea groups is 1. The zero-order chi connectivity index (χ0) is 12.8. The van der Waals surface area contributed by atoms with Crippen molar-refractivity contribution in [2.24, 2.45) is 4.99 Å². The van der Waals surface area contributed by atoms with Crippen LogP contribution in [0.1, 0.15) is 0 Å². The van der Waals surface area contributed by atoms with Gasteiger partial charge in [-0.25, -0.2) is 9.59 Å². The first kappa shape index (κ1) is 12.2. The third-order valence-corrected chi connectivity index (χ3v) is 1.43. The number of hydrogen-bond donors (Lipinski definition) is 3. The lowest BCUT2D eigenvalue weighted by Gasteiger charge is -1.99. The van der Waals surface area contributed by atoms with E-state index >= 15 is 0 Å². The smallest absolute Gasteiger partial charge is 0.314 e. The van der Waals surface area contributed by atoms with Crippen LogP contribution in [0.25, 0.3) is 0 Å². The molecule has 0 bridgehead atoms. The number of amides is 3. The van der Waals surface area contributed by atoms with E-state index in [1.807, 2.05) is 4.98 Å². The number of aromatic amines is 2. The lowest BCUT2D eigenvalue weighted by molar-refractivity contribution is -0.133. The number of ketones is 1. The molecule has 88 valence electrons. The summed E-state index contributed by atoms with van der Waals surface area (Å²) in [4.78, 5) is 58.3. The third kappa shape index (κ3) is 4.03. The number of nitrogens with one attached hydrogen (secondary N) is 3. The van der Waals surface area contributed by atoms with Gasteiger partial charge in [0.05, 0.1) is 6.21 Å². The number of aromatic nitrogens is 2. The molecule has 0 unspecified atom stereocenters. The van der Waals surface area contributed by atoms with Crippen molar-refractivity contribution in [3.8, 4) is 0 Å². The van der Waals surface area contributed by atoms with Gasteiger partial charge >= 0.3 is 17.6 Å².